The minimum atomic E-state index is 0.0786. The van der Waals surface area contributed by atoms with E-state index in [0.29, 0.717) is 5.88 Å². The van der Waals surface area contributed by atoms with Crippen molar-refractivity contribution in [3.05, 3.63) is 51.6 Å². The number of benzene rings is 1. The number of aryl methyl sites for hydroxylation is 2. The molecule has 1 atom stereocenters. The van der Waals surface area contributed by atoms with E-state index in [4.69, 9.17) is 10.5 Å². The van der Waals surface area contributed by atoms with E-state index in [-0.39, 0.29) is 6.04 Å². The predicted molar refractivity (Wildman–Crippen MR) is 85.3 cm³/mol. The van der Waals surface area contributed by atoms with Crippen LogP contribution in [0.3, 0.4) is 0 Å². The van der Waals surface area contributed by atoms with Crippen molar-refractivity contribution in [1.82, 2.24) is 4.98 Å². The van der Waals surface area contributed by atoms with Gasteiger partial charge >= 0.3 is 0 Å². The summed E-state index contributed by atoms with van der Waals surface area (Å²) >= 11 is 3.56. The standard InChI is InChI=1S/C16H19BrN2O/c1-10-7-14(8-11(2)15(10)17)20-16-13(9-12(3)18)5-4-6-19-16/h4-8,12H,9,18H2,1-3H3. The van der Waals surface area contributed by atoms with E-state index in [9.17, 15) is 0 Å². The van der Waals surface area contributed by atoms with Crippen molar-refractivity contribution >= 4 is 15.9 Å². The maximum atomic E-state index is 5.94. The van der Waals surface area contributed by atoms with Crippen LogP contribution in [0.15, 0.2) is 34.9 Å². The van der Waals surface area contributed by atoms with Crippen LogP contribution in [0.5, 0.6) is 11.6 Å². The number of hydrogen-bond donors (Lipinski definition) is 1. The smallest absolute Gasteiger partial charge is 0.222 e. The maximum absolute atomic E-state index is 5.94. The molecule has 0 fully saturated rings. The molecule has 2 rings (SSSR count). The molecule has 4 heteroatoms. The van der Waals surface area contributed by atoms with E-state index in [1.807, 2.05) is 45.0 Å². The Morgan fingerprint density at radius 2 is 1.95 bits per heavy atom. The number of nitrogens with zero attached hydrogens (tertiary/aromatic N) is 1. The van der Waals surface area contributed by atoms with Gasteiger partial charge in [0, 0.05) is 22.3 Å². The molecular formula is C16H19BrN2O. The first-order chi connectivity index (χ1) is 9.47. The molecule has 1 heterocycles. The van der Waals surface area contributed by atoms with Crippen LogP contribution >= 0.6 is 15.9 Å². The van der Waals surface area contributed by atoms with Crippen molar-refractivity contribution in [2.75, 3.05) is 0 Å². The first-order valence-corrected chi connectivity index (χ1v) is 7.40. The van der Waals surface area contributed by atoms with Crippen LogP contribution < -0.4 is 10.5 Å². The highest BCUT2D eigenvalue weighted by molar-refractivity contribution is 9.10. The average molecular weight is 335 g/mol. The van der Waals surface area contributed by atoms with Gasteiger partial charge < -0.3 is 10.5 Å². The Balaban J connectivity index is 2.30. The molecule has 0 bridgehead atoms. The number of aromatic nitrogens is 1. The molecule has 0 saturated carbocycles. The quantitative estimate of drug-likeness (QED) is 0.913. The Morgan fingerprint density at radius 3 is 2.55 bits per heavy atom. The molecule has 106 valence electrons. The number of nitrogens with two attached hydrogens (primary N) is 1. The Hall–Kier alpha value is -1.39. The molecular weight excluding hydrogens is 316 g/mol. The fourth-order valence-corrected chi connectivity index (χ4v) is 2.32. The van der Waals surface area contributed by atoms with Crippen LogP contribution in [0.25, 0.3) is 0 Å². The van der Waals surface area contributed by atoms with E-state index in [1.54, 1.807) is 6.20 Å². The SMILES string of the molecule is Cc1cc(Oc2ncccc2CC(C)N)cc(C)c1Br. The molecule has 20 heavy (non-hydrogen) atoms. The fourth-order valence-electron chi connectivity index (χ4n) is 2.09. The Kier molecular flexibility index (Phi) is 4.78. The number of rotatable bonds is 4. The van der Waals surface area contributed by atoms with E-state index in [0.717, 1.165) is 33.3 Å². The van der Waals surface area contributed by atoms with Crippen LogP contribution in [-0.4, -0.2) is 11.0 Å². The minimum Gasteiger partial charge on any atom is -0.439 e. The van der Waals surface area contributed by atoms with Gasteiger partial charge in [0.2, 0.25) is 5.88 Å². The van der Waals surface area contributed by atoms with Gasteiger partial charge in [-0.1, -0.05) is 22.0 Å². The van der Waals surface area contributed by atoms with Gasteiger partial charge in [-0.2, -0.15) is 0 Å². The van der Waals surface area contributed by atoms with E-state index >= 15 is 0 Å². The van der Waals surface area contributed by atoms with Crippen LogP contribution in [0, 0.1) is 13.8 Å². The highest BCUT2D eigenvalue weighted by Gasteiger charge is 2.10. The summed E-state index contributed by atoms with van der Waals surface area (Å²) in [6.45, 7) is 6.07. The summed E-state index contributed by atoms with van der Waals surface area (Å²) in [6, 6.07) is 7.99. The van der Waals surface area contributed by atoms with Gasteiger partial charge in [-0.25, -0.2) is 4.98 Å². The minimum absolute atomic E-state index is 0.0786. The van der Waals surface area contributed by atoms with Crippen molar-refractivity contribution < 1.29 is 4.74 Å². The van der Waals surface area contributed by atoms with Crippen molar-refractivity contribution in [2.45, 2.75) is 33.2 Å². The highest BCUT2D eigenvalue weighted by Crippen LogP contribution is 2.30. The van der Waals surface area contributed by atoms with Crippen molar-refractivity contribution in [1.29, 1.82) is 0 Å². The van der Waals surface area contributed by atoms with Gasteiger partial charge in [-0.3, -0.25) is 0 Å². The summed E-state index contributed by atoms with van der Waals surface area (Å²) in [4.78, 5) is 4.32. The lowest BCUT2D eigenvalue weighted by atomic mass is 10.1. The lowest BCUT2D eigenvalue weighted by Crippen LogP contribution is -2.18. The van der Waals surface area contributed by atoms with Gasteiger partial charge in [0.05, 0.1) is 0 Å². The molecule has 0 amide bonds. The highest BCUT2D eigenvalue weighted by atomic mass is 79.9. The van der Waals surface area contributed by atoms with Gasteiger partial charge in [-0.15, -0.1) is 0 Å². The van der Waals surface area contributed by atoms with Crippen molar-refractivity contribution in [3.8, 4) is 11.6 Å². The van der Waals surface area contributed by atoms with Gasteiger partial charge in [0.1, 0.15) is 5.75 Å². The molecule has 1 aromatic carbocycles. The van der Waals surface area contributed by atoms with E-state index in [1.165, 1.54) is 0 Å². The second-order valence-electron chi connectivity index (χ2n) is 5.12. The monoisotopic (exact) mass is 334 g/mol. The molecule has 0 aliphatic heterocycles. The predicted octanol–water partition coefficient (Wildman–Crippen LogP) is 4.14. The molecule has 0 saturated heterocycles. The second-order valence-corrected chi connectivity index (χ2v) is 5.92. The zero-order chi connectivity index (χ0) is 14.7. The second kappa shape index (κ2) is 6.37. The van der Waals surface area contributed by atoms with E-state index in [2.05, 4.69) is 20.9 Å². The third-order valence-corrected chi connectivity index (χ3v) is 4.27. The summed E-state index contributed by atoms with van der Waals surface area (Å²) in [5.74, 6) is 1.43. The molecule has 3 nitrogen and oxygen atoms in total. The molecule has 0 aliphatic carbocycles. The normalized spacial score (nSPS) is 12.2. The molecule has 1 unspecified atom stereocenters. The van der Waals surface area contributed by atoms with Crippen LogP contribution in [0.1, 0.15) is 23.6 Å². The van der Waals surface area contributed by atoms with Crippen molar-refractivity contribution in [2.24, 2.45) is 5.73 Å². The molecule has 1 aromatic heterocycles. The third kappa shape index (κ3) is 3.58. The third-order valence-electron chi connectivity index (χ3n) is 3.02. The molecule has 2 aromatic rings. The Labute approximate surface area is 128 Å². The lowest BCUT2D eigenvalue weighted by molar-refractivity contribution is 0.453. The summed E-state index contributed by atoms with van der Waals surface area (Å²) in [5.41, 5.74) is 9.18. The van der Waals surface area contributed by atoms with Crippen LogP contribution in [-0.2, 0) is 6.42 Å². The summed E-state index contributed by atoms with van der Waals surface area (Å²) < 4.78 is 7.05. The summed E-state index contributed by atoms with van der Waals surface area (Å²) in [6.07, 6.45) is 2.48. The number of halogens is 1. The van der Waals surface area contributed by atoms with E-state index < -0.39 is 0 Å². The fraction of sp³-hybridized carbons (Fsp3) is 0.312. The summed E-state index contributed by atoms with van der Waals surface area (Å²) in [5, 5.41) is 0. The lowest BCUT2D eigenvalue weighted by Gasteiger charge is -2.13. The Morgan fingerprint density at radius 1 is 1.30 bits per heavy atom. The molecule has 2 N–H and O–H groups in total. The summed E-state index contributed by atoms with van der Waals surface area (Å²) in [7, 11) is 0. The van der Waals surface area contributed by atoms with Crippen LogP contribution in [0.4, 0.5) is 0 Å². The zero-order valence-corrected chi connectivity index (χ0v) is 13.6. The van der Waals surface area contributed by atoms with Gasteiger partial charge in [-0.05, 0) is 56.5 Å². The van der Waals surface area contributed by atoms with Gasteiger partial charge in [0.25, 0.3) is 0 Å². The number of pyridine rings is 1. The number of ether oxygens (including phenoxy) is 1. The number of hydrogen-bond acceptors (Lipinski definition) is 3. The largest absolute Gasteiger partial charge is 0.439 e. The first kappa shape index (κ1) is 15.0. The molecule has 0 radical (unpaired) electrons. The first-order valence-electron chi connectivity index (χ1n) is 6.61. The maximum Gasteiger partial charge on any atom is 0.222 e. The van der Waals surface area contributed by atoms with Crippen molar-refractivity contribution in [3.63, 3.8) is 0 Å². The molecule has 0 spiro atoms. The zero-order valence-electron chi connectivity index (χ0n) is 12.0. The topological polar surface area (TPSA) is 48.1 Å². The van der Waals surface area contributed by atoms with Gasteiger partial charge in [0.15, 0.2) is 0 Å². The average Bonchev–Trinajstić information content (AvgIpc) is 2.37. The molecule has 0 aliphatic rings. The van der Waals surface area contributed by atoms with Crippen LogP contribution in [0.2, 0.25) is 0 Å². The Bertz CT molecular complexity index is 588.